The zero-order chi connectivity index (χ0) is 13.6. The molecule has 1 aromatic rings. The van der Waals surface area contributed by atoms with Crippen molar-refractivity contribution in [1.29, 1.82) is 0 Å². The number of carbonyl (C=O) groups is 1. The molecule has 0 bridgehead atoms. The number of hydrogen-bond donors (Lipinski definition) is 1. The lowest BCUT2D eigenvalue weighted by Gasteiger charge is -2.10. The second-order valence-electron chi connectivity index (χ2n) is 3.46. The number of halogens is 3. The molecule has 98 valence electrons. The van der Waals surface area contributed by atoms with Crippen molar-refractivity contribution in [1.82, 2.24) is 5.32 Å². The number of benzene rings is 1. The van der Waals surface area contributed by atoms with E-state index >= 15 is 0 Å². The first-order chi connectivity index (χ1) is 8.44. The minimum absolute atomic E-state index is 0.126. The Morgan fingerprint density at radius 1 is 1.28 bits per heavy atom. The normalized spacial score (nSPS) is 11.8. The largest absolute Gasteiger partial charge is 0.573 e. The Balaban J connectivity index is 2.98. The van der Waals surface area contributed by atoms with Crippen molar-refractivity contribution in [2.75, 3.05) is 13.6 Å². The highest BCUT2D eigenvalue weighted by Gasteiger charge is 2.31. The van der Waals surface area contributed by atoms with Crippen molar-refractivity contribution in [3.8, 4) is 5.75 Å². The maximum Gasteiger partial charge on any atom is 0.573 e. The minimum Gasteiger partial charge on any atom is -0.406 e. The Kier molecular flexibility index (Phi) is 4.91. The average molecular weight is 259 g/mol. The van der Waals surface area contributed by atoms with E-state index in [4.69, 9.17) is 0 Å². The topological polar surface area (TPSA) is 38.3 Å². The molecule has 0 amide bonds. The van der Waals surface area contributed by atoms with Crippen LogP contribution in [-0.4, -0.2) is 26.2 Å². The monoisotopic (exact) mass is 259 g/mol. The van der Waals surface area contributed by atoms with Crippen LogP contribution in [0.3, 0.4) is 0 Å². The van der Waals surface area contributed by atoms with Gasteiger partial charge in [-0.3, -0.25) is 4.79 Å². The van der Waals surface area contributed by atoms with Crippen LogP contribution in [0, 0.1) is 0 Å². The van der Waals surface area contributed by atoms with Crippen LogP contribution in [0.1, 0.15) is 15.9 Å². The van der Waals surface area contributed by atoms with Gasteiger partial charge in [-0.25, -0.2) is 0 Å². The van der Waals surface area contributed by atoms with Gasteiger partial charge in [0.2, 0.25) is 0 Å². The van der Waals surface area contributed by atoms with E-state index < -0.39 is 12.1 Å². The molecule has 0 radical (unpaired) electrons. The lowest BCUT2D eigenvalue weighted by atomic mass is 10.1. The predicted molar refractivity (Wildman–Crippen MR) is 61.5 cm³/mol. The summed E-state index contributed by atoms with van der Waals surface area (Å²) in [5.74, 6) is -0.406. The molecule has 1 N–H and O–H groups in total. The van der Waals surface area contributed by atoms with Crippen LogP contribution in [0.15, 0.2) is 24.3 Å². The summed E-state index contributed by atoms with van der Waals surface area (Å²) in [7, 11) is 1.74. The number of nitrogens with one attached hydrogen (secondary N) is 1. The Morgan fingerprint density at radius 3 is 2.50 bits per heavy atom. The number of rotatable bonds is 5. The highest BCUT2D eigenvalue weighted by Crippen LogP contribution is 2.25. The summed E-state index contributed by atoms with van der Waals surface area (Å²) in [5.41, 5.74) is 0.593. The summed E-state index contributed by atoms with van der Waals surface area (Å²) in [4.78, 5) is 10.6. The zero-order valence-electron chi connectivity index (χ0n) is 9.62. The average Bonchev–Trinajstić information content (AvgIpc) is 2.26. The van der Waals surface area contributed by atoms with Crippen molar-refractivity contribution in [2.24, 2.45) is 0 Å². The van der Waals surface area contributed by atoms with Crippen LogP contribution in [0.25, 0.3) is 6.08 Å². The first-order valence-corrected chi connectivity index (χ1v) is 5.12. The number of alkyl halides is 3. The van der Waals surface area contributed by atoms with Crippen molar-refractivity contribution >= 4 is 12.4 Å². The van der Waals surface area contributed by atoms with Gasteiger partial charge in [0.15, 0.2) is 0 Å². The van der Waals surface area contributed by atoms with Crippen LogP contribution in [0.5, 0.6) is 5.75 Å². The van der Waals surface area contributed by atoms with Gasteiger partial charge < -0.3 is 10.1 Å². The van der Waals surface area contributed by atoms with Gasteiger partial charge in [-0.2, -0.15) is 0 Å². The standard InChI is InChI=1S/C12H12F3NO2/c1-16-4-2-3-9-5-10(8-17)7-11(6-9)18-12(13,14)15/h2-3,5-8,16H,4H2,1H3. The molecular formula is C12H12F3NO2. The second-order valence-corrected chi connectivity index (χ2v) is 3.46. The van der Waals surface area contributed by atoms with Crippen LogP contribution in [0.4, 0.5) is 13.2 Å². The summed E-state index contributed by atoms with van der Waals surface area (Å²) in [6, 6.07) is 3.73. The maximum atomic E-state index is 12.1. The lowest BCUT2D eigenvalue weighted by Crippen LogP contribution is -2.17. The first kappa shape index (κ1) is 14.2. The Morgan fingerprint density at radius 2 is 1.94 bits per heavy atom. The molecule has 6 heteroatoms. The van der Waals surface area contributed by atoms with E-state index in [1.807, 2.05) is 0 Å². The number of aldehydes is 1. The summed E-state index contributed by atoms with van der Waals surface area (Å²) in [5, 5.41) is 2.85. The Bertz CT molecular complexity index is 441. The summed E-state index contributed by atoms with van der Waals surface area (Å²) < 4.78 is 40.0. The van der Waals surface area contributed by atoms with E-state index in [-0.39, 0.29) is 5.56 Å². The van der Waals surface area contributed by atoms with Crippen LogP contribution in [0.2, 0.25) is 0 Å². The van der Waals surface area contributed by atoms with Gasteiger partial charge in [-0.1, -0.05) is 12.2 Å². The van der Waals surface area contributed by atoms with Crippen LogP contribution in [-0.2, 0) is 0 Å². The predicted octanol–water partition coefficient (Wildman–Crippen LogP) is 2.63. The molecule has 0 heterocycles. The molecule has 0 spiro atoms. The molecule has 1 rings (SSSR count). The van der Waals surface area contributed by atoms with Gasteiger partial charge in [-0.15, -0.1) is 13.2 Å². The van der Waals surface area contributed by atoms with Gasteiger partial charge in [-0.05, 0) is 30.8 Å². The molecule has 0 unspecified atom stereocenters. The molecule has 18 heavy (non-hydrogen) atoms. The van der Waals surface area contributed by atoms with E-state index in [2.05, 4.69) is 10.1 Å². The van der Waals surface area contributed by atoms with E-state index in [1.54, 1.807) is 19.2 Å². The van der Waals surface area contributed by atoms with Crippen LogP contribution >= 0.6 is 0 Å². The SMILES string of the molecule is CNCC=Cc1cc(C=O)cc(OC(F)(F)F)c1. The zero-order valence-corrected chi connectivity index (χ0v) is 9.62. The van der Waals surface area contributed by atoms with E-state index in [9.17, 15) is 18.0 Å². The second kappa shape index (κ2) is 6.20. The van der Waals surface area contributed by atoms with Gasteiger partial charge in [0.1, 0.15) is 12.0 Å². The highest BCUT2D eigenvalue weighted by atomic mass is 19.4. The Labute approximate surface area is 102 Å². The molecule has 0 aliphatic rings. The minimum atomic E-state index is -4.77. The summed E-state index contributed by atoms with van der Waals surface area (Å²) in [6.07, 6.45) is -0.972. The number of likely N-dealkylation sites (N-methyl/N-ethyl adjacent to an activating group) is 1. The smallest absolute Gasteiger partial charge is 0.406 e. The van der Waals surface area contributed by atoms with Crippen molar-refractivity contribution in [2.45, 2.75) is 6.36 Å². The fourth-order valence-corrected chi connectivity index (χ4v) is 1.32. The lowest BCUT2D eigenvalue weighted by molar-refractivity contribution is -0.274. The maximum absolute atomic E-state index is 12.1. The molecule has 0 aliphatic carbocycles. The quantitative estimate of drug-likeness (QED) is 0.826. The van der Waals surface area contributed by atoms with E-state index in [1.165, 1.54) is 12.1 Å². The van der Waals surface area contributed by atoms with Crippen LogP contribution < -0.4 is 10.1 Å². The molecule has 0 fully saturated rings. The third-order valence-electron chi connectivity index (χ3n) is 1.95. The van der Waals surface area contributed by atoms with Gasteiger partial charge in [0.05, 0.1) is 0 Å². The molecule has 0 saturated heterocycles. The van der Waals surface area contributed by atoms with Gasteiger partial charge in [0.25, 0.3) is 0 Å². The third-order valence-corrected chi connectivity index (χ3v) is 1.95. The molecule has 3 nitrogen and oxygen atoms in total. The fourth-order valence-electron chi connectivity index (χ4n) is 1.32. The van der Waals surface area contributed by atoms with E-state index in [0.717, 1.165) is 6.07 Å². The molecule has 0 aromatic heterocycles. The van der Waals surface area contributed by atoms with Gasteiger partial charge >= 0.3 is 6.36 Å². The third kappa shape index (κ3) is 5.01. The van der Waals surface area contributed by atoms with Crippen molar-refractivity contribution in [3.63, 3.8) is 0 Å². The van der Waals surface area contributed by atoms with Crippen molar-refractivity contribution in [3.05, 3.63) is 35.4 Å². The molecule has 0 aliphatic heterocycles. The molecular weight excluding hydrogens is 247 g/mol. The summed E-state index contributed by atoms with van der Waals surface area (Å²) >= 11 is 0. The summed E-state index contributed by atoms with van der Waals surface area (Å²) in [6.45, 7) is 0.570. The number of carbonyl (C=O) groups excluding carboxylic acids is 1. The number of hydrogen-bond acceptors (Lipinski definition) is 3. The first-order valence-electron chi connectivity index (χ1n) is 5.12. The number of ether oxygens (including phenoxy) is 1. The Hall–Kier alpha value is -1.82. The highest BCUT2D eigenvalue weighted by molar-refractivity contribution is 5.77. The van der Waals surface area contributed by atoms with E-state index in [0.29, 0.717) is 18.4 Å². The van der Waals surface area contributed by atoms with Gasteiger partial charge in [0, 0.05) is 12.1 Å². The molecule has 0 saturated carbocycles. The molecule has 0 atom stereocenters. The fraction of sp³-hybridized carbons (Fsp3) is 0.250. The molecule has 1 aromatic carbocycles. The van der Waals surface area contributed by atoms with Crippen molar-refractivity contribution < 1.29 is 22.7 Å².